The first-order chi connectivity index (χ1) is 10.1. The summed E-state index contributed by atoms with van der Waals surface area (Å²) in [5, 5.41) is 0. The third-order valence-electron chi connectivity index (χ3n) is 3.07. The Morgan fingerprint density at radius 1 is 1.18 bits per heavy atom. The summed E-state index contributed by atoms with van der Waals surface area (Å²) < 4.78 is 52.9. The molecular weight excluding hydrogens is 335 g/mol. The Morgan fingerprint density at radius 2 is 1.68 bits per heavy atom. The van der Waals surface area contributed by atoms with Crippen LogP contribution in [-0.2, 0) is 33.1 Å². The molecule has 0 spiro atoms. The van der Waals surface area contributed by atoms with Crippen molar-refractivity contribution in [1.82, 2.24) is 8.61 Å². The van der Waals surface area contributed by atoms with Crippen molar-refractivity contribution in [2.24, 2.45) is 5.92 Å². The summed E-state index contributed by atoms with van der Waals surface area (Å²) in [7, 11) is -6.57. The van der Waals surface area contributed by atoms with E-state index >= 15 is 0 Å². The Labute approximate surface area is 131 Å². The van der Waals surface area contributed by atoms with Crippen LogP contribution < -0.4 is 0 Å². The lowest BCUT2D eigenvalue weighted by Gasteiger charge is -2.20. The van der Waals surface area contributed by atoms with Crippen molar-refractivity contribution in [2.75, 3.05) is 27.0 Å². The zero-order valence-corrected chi connectivity index (χ0v) is 15.1. The van der Waals surface area contributed by atoms with E-state index in [1.54, 1.807) is 27.7 Å². The molecule has 1 fully saturated rings. The Hall–Kier alpha value is -0.510. The van der Waals surface area contributed by atoms with Crippen molar-refractivity contribution in [1.29, 1.82) is 0 Å². The highest BCUT2D eigenvalue weighted by molar-refractivity contribution is 7.87. The average molecular weight is 358 g/mol. The predicted octanol–water partition coefficient (Wildman–Crippen LogP) is 1.19. The van der Waals surface area contributed by atoms with E-state index in [9.17, 15) is 17.8 Å². The van der Waals surface area contributed by atoms with Crippen LogP contribution in [0.4, 0.5) is 0 Å². The molecule has 11 heteroatoms. The van der Waals surface area contributed by atoms with Gasteiger partial charge in [0.2, 0.25) is 0 Å². The molecule has 0 aromatic heterocycles. The normalized spacial score (nSPS) is 22.7. The number of amides is 1. The standard InChI is InChI=1S/C11H23N2O7PS/c1-6-18-21(15,19-7-2)20-8-13-11(14)10(9(3)4)12(5)22(13,16)17/h9-10H,6-8H2,1-5H3. The fourth-order valence-corrected chi connectivity index (χ4v) is 4.75. The number of phosphoric acid groups is 1. The molecule has 1 aliphatic rings. The first-order valence-corrected chi connectivity index (χ1v) is 9.79. The summed E-state index contributed by atoms with van der Waals surface area (Å²) in [4.78, 5) is 12.3. The van der Waals surface area contributed by atoms with Crippen LogP contribution in [0.2, 0.25) is 0 Å². The van der Waals surface area contributed by atoms with Gasteiger partial charge in [0.05, 0.1) is 13.2 Å². The molecular formula is C11H23N2O7PS. The topological polar surface area (TPSA) is 102 Å². The van der Waals surface area contributed by atoms with Gasteiger partial charge in [-0.1, -0.05) is 13.8 Å². The monoisotopic (exact) mass is 358 g/mol. The van der Waals surface area contributed by atoms with E-state index < -0.39 is 36.7 Å². The van der Waals surface area contributed by atoms with E-state index in [-0.39, 0.29) is 19.1 Å². The van der Waals surface area contributed by atoms with Crippen molar-refractivity contribution in [3.05, 3.63) is 0 Å². The molecule has 1 saturated heterocycles. The number of nitrogens with zero attached hydrogens (tertiary/aromatic N) is 2. The lowest BCUT2D eigenvalue weighted by molar-refractivity contribution is -0.130. The van der Waals surface area contributed by atoms with Crippen LogP contribution in [0.15, 0.2) is 0 Å². The molecule has 1 heterocycles. The molecule has 1 unspecified atom stereocenters. The van der Waals surface area contributed by atoms with Crippen LogP contribution in [-0.4, -0.2) is 56.0 Å². The van der Waals surface area contributed by atoms with Gasteiger partial charge in [-0.2, -0.15) is 17.0 Å². The van der Waals surface area contributed by atoms with E-state index in [1.807, 2.05) is 0 Å². The number of hydrogen-bond donors (Lipinski definition) is 0. The molecule has 1 amide bonds. The summed E-state index contributed by atoms with van der Waals surface area (Å²) in [6, 6.07) is -0.813. The second-order valence-electron chi connectivity index (χ2n) is 4.94. The lowest BCUT2D eigenvalue weighted by Crippen LogP contribution is -2.36. The highest BCUT2D eigenvalue weighted by atomic mass is 32.2. The quantitative estimate of drug-likeness (QED) is 0.600. The number of likely N-dealkylation sites (N-methyl/N-ethyl adjacent to an activating group) is 1. The molecule has 0 saturated carbocycles. The number of rotatable bonds is 8. The van der Waals surface area contributed by atoms with Gasteiger partial charge in [-0.3, -0.25) is 18.4 Å². The van der Waals surface area contributed by atoms with Crippen molar-refractivity contribution in [3.8, 4) is 0 Å². The van der Waals surface area contributed by atoms with Gasteiger partial charge < -0.3 is 0 Å². The molecule has 0 bridgehead atoms. The first kappa shape index (κ1) is 19.5. The Morgan fingerprint density at radius 3 is 2.05 bits per heavy atom. The highest BCUT2D eigenvalue weighted by Crippen LogP contribution is 2.49. The molecule has 0 aromatic carbocycles. The van der Waals surface area contributed by atoms with Crippen LogP contribution in [0.25, 0.3) is 0 Å². The van der Waals surface area contributed by atoms with Gasteiger partial charge in [-0.15, -0.1) is 0 Å². The van der Waals surface area contributed by atoms with Crippen molar-refractivity contribution >= 4 is 23.9 Å². The maximum Gasteiger partial charge on any atom is 0.476 e. The van der Waals surface area contributed by atoms with Gasteiger partial charge in [0, 0.05) is 7.05 Å². The molecule has 130 valence electrons. The Balaban J connectivity index is 2.93. The summed E-state index contributed by atoms with van der Waals surface area (Å²) in [6.45, 7) is 6.07. The van der Waals surface area contributed by atoms with Crippen LogP contribution in [0.5, 0.6) is 0 Å². The largest absolute Gasteiger partial charge is 0.476 e. The fourth-order valence-electron chi connectivity index (χ4n) is 2.10. The summed E-state index contributed by atoms with van der Waals surface area (Å²) in [6.07, 6.45) is 0. The smallest absolute Gasteiger partial charge is 0.287 e. The van der Waals surface area contributed by atoms with E-state index in [4.69, 9.17) is 13.6 Å². The van der Waals surface area contributed by atoms with Gasteiger partial charge in [0.25, 0.3) is 5.91 Å². The molecule has 9 nitrogen and oxygen atoms in total. The number of hydrogen-bond acceptors (Lipinski definition) is 7. The molecule has 0 N–H and O–H groups in total. The minimum Gasteiger partial charge on any atom is -0.287 e. The fraction of sp³-hybridized carbons (Fsp3) is 0.909. The van der Waals surface area contributed by atoms with Crippen molar-refractivity contribution < 1.29 is 31.3 Å². The second-order valence-corrected chi connectivity index (χ2v) is 8.52. The third kappa shape index (κ3) is 3.87. The SMILES string of the molecule is CCOP(=O)(OCC)OCN1C(=O)C(C(C)C)N(C)S1(=O)=O. The van der Waals surface area contributed by atoms with Gasteiger partial charge in [0.15, 0.2) is 0 Å². The molecule has 0 aromatic rings. The van der Waals surface area contributed by atoms with Crippen molar-refractivity contribution in [2.45, 2.75) is 33.7 Å². The molecule has 1 atom stereocenters. The van der Waals surface area contributed by atoms with E-state index in [0.717, 1.165) is 4.31 Å². The average Bonchev–Trinajstić information content (AvgIpc) is 2.55. The minimum atomic E-state index is -4.00. The number of phosphoric ester groups is 1. The van der Waals surface area contributed by atoms with Gasteiger partial charge in [-0.05, 0) is 19.8 Å². The number of carbonyl (C=O) groups is 1. The summed E-state index contributed by atoms with van der Waals surface area (Å²) in [5.41, 5.74) is 0. The Kier molecular flexibility index (Phi) is 6.55. The zero-order valence-electron chi connectivity index (χ0n) is 13.4. The molecule has 0 radical (unpaired) electrons. The lowest BCUT2D eigenvalue weighted by atomic mass is 10.0. The van der Waals surface area contributed by atoms with E-state index in [2.05, 4.69) is 0 Å². The molecule has 1 rings (SSSR count). The molecule has 0 aliphatic carbocycles. The van der Waals surface area contributed by atoms with E-state index in [1.165, 1.54) is 7.05 Å². The highest BCUT2D eigenvalue weighted by Gasteiger charge is 2.50. The predicted molar refractivity (Wildman–Crippen MR) is 79.0 cm³/mol. The molecule has 1 aliphatic heterocycles. The van der Waals surface area contributed by atoms with Crippen molar-refractivity contribution in [3.63, 3.8) is 0 Å². The summed E-state index contributed by atoms with van der Waals surface area (Å²) in [5.74, 6) is -0.833. The zero-order chi connectivity index (χ0) is 17.1. The van der Waals surface area contributed by atoms with Crippen LogP contribution >= 0.6 is 7.82 Å². The van der Waals surface area contributed by atoms with Crippen LogP contribution in [0, 0.1) is 5.92 Å². The second kappa shape index (κ2) is 7.37. The molecule has 22 heavy (non-hydrogen) atoms. The number of carbonyl (C=O) groups excluding carboxylic acids is 1. The van der Waals surface area contributed by atoms with Crippen LogP contribution in [0.3, 0.4) is 0 Å². The van der Waals surface area contributed by atoms with Gasteiger partial charge in [-0.25, -0.2) is 4.57 Å². The Bertz CT molecular complexity index is 541. The third-order valence-corrected chi connectivity index (χ3v) is 6.45. The minimum absolute atomic E-state index is 0.0620. The van der Waals surface area contributed by atoms with E-state index in [0.29, 0.717) is 4.31 Å². The summed E-state index contributed by atoms with van der Waals surface area (Å²) >= 11 is 0. The van der Waals surface area contributed by atoms with Gasteiger partial charge in [0.1, 0.15) is 12.8 Å². The maximum absolute atomic E-state index is 12.3. The van der Waals surface area contributed by atoms with Crippen LogP contribution in [0.1, 0.15) is 27.7 Å². The first-order valence-electron chi connectivity index (χ1n) is 6.94. The van der Waals surface area contributed by atoms with Gasteiger partial charge >= 0.3 is 18.0 Å². The maximum atomic E-state index is 12.3.